The lowest BCUT2D eigenvalue weighted by atomic mass is 9.97. The van der Waals surface area contributed by atoms with E-state index in [-0.39, 0.29) is 24.1 Å². The van der Waals surface area contributed by atoms with Gasteiger partial charge in [-0.1, -0.05) is 19.1 Å². The highest BCUT2D eigenvalue weighted by atomic mass is 19.1. The van der Waals surface area contributed by atoms with Gasteiger partial charge in [-0.3, -0.25) is 9.59 Å². The number of benzene rings is 2. The van der Waals surface area contributed by atoms with Crippen molar-refractivity contribution in [3.8, 4) is 0 Å². The van der Waals surface area contributed by atoms with Crippen LogP contribution in [0.2, 0.25) is 0 Å². The smallest absolute Gasteiger partial charge is 0.248 e. The molecule has 2 aromatic carbocycles. The number of anilines is 1. The van der Waals surface area contributed by atoms with Gasteiger partial charge in [0.15, 0.2) is 0 Å². The topological polar surface area (TPSA) is 72.2 Å². The highest BCUT2D eigenvalue weighted by molar-refractivity contribution is 5.94. The molecule has 3 N–H and O–H groups in total. The van der Waals surface area contributed by atoms with E-state index in [1.165, 1.54) is 12.1 Å². The van der Waals surface area contributed by atoms with Crippen LogP contribution in [0, 0.1) is 5.82 Å². The van der Waals surface area contributed by atoms with Gasteiger partial charge in [-0.2, -0.15) is 0 Å². The van der Waals surface area contributed by atoms with Gasteiger partial charge in [-0.25, -0.2) is 4.39 Å². The molecule has 1 atom stereocenters. The SMILES string of the molecule is CC(CC(=O)Nc1ccc(C(N)=O)cc1)c1ccc(F)cc1. The van der Waals surface area contributed by atoms with Gasteiger partial charge in [-0.05, 0) is 47.9 Å². The molecule has 0 aliphatic heterocycles. The summed E-state index contributed by atoms with van der Waals surface area (Å²) in [5.74, 6) is -0.980. The maximum Gasteiger partial charge on any atom is 0.248 e. The summed E-state index contributed by atoms with van der Waals surface area (Å²) in [6, 6.07) is 12.5. The predicted octanol–water partition coefficient (Wildman–Crippen LogP) is 3.06. The summed E-state index contributed by atoms with van der Waals surface area (Å²) in [6.45, 7) is 1.91. The van der Waals surface area contributed by atoms with Crippen LogP contribution in [-0.2, 0) is 4.79 Å². The Bertz CT molecular complexity index is 666. The maximum absolute atomic E-state index is 12.9. The summed E-state index contributed by atoms with van der Waals surface area (Å²) in [4.78, 5) is 23.0. The van der Waals surface area contributed by atoms with E-state index in [0.29, 0.717) is 11.3 Å². The largest absolute Gasteiger partial charge is 0.366 e. The van der Waals surface area contributed by atoms with Crippen molar-refractivity contribution in [2.75, 3.05) is 5.32 Å². The average Bonchev–Trinajstić information content (AvgIpc) is 2.48. The van der Waals surface area contributed by atoms with E-state index in [0.717, 1.165) is 5.56 Å². The van der Waals surface area contributed by atoms with Crippen LogP contribution in [0.3, 0.4) is 0 Å². The lowest BCUT2D eigenvalue weighted by Crippen LogP contribution is -2.15. The van der Waals surface area contributed by atoms with Gasteiger partial charge in [0.2, 0.25) is 11.8 Å². The van der Waals surface area contributed by atoms with Crippen molar-refractivity contribution in [3.05, 3.63) is 65.5 Å². The van der Waals surface area contributed by atoms with Gasteiger partial charge in [-0.15, -0.1) is 0 Å². The minimum Gasteiger partial charge on any atom is -0.366 e. The highest BCUT2D eigenvalue weighted by Gasteiger charge is 2.12. The highest BCUT2D eigenvalue weighted by Crippen LogP contribution is 2.20. The number of halogens is 1. The van der Waals surface area contributed by atoms with Crippen LogP contribution in [0.4, 0.5) is 10.1 Å². The zero-order valence-corrected chi connectivity index (χ0v) is 12.2. The van der Waals surface area contributed by atoms with Crippen molar-refractivity contribution in [1.29, 1.82) is 0 Å². The molecule has 0 radical (unpaired) electrons. The molecule has 0 bridgehead atoms. The Kier molecular flexibility index (Phi) is 4.88. The number of rotatable bonds is 5. The van der Waals surface area contributed by atoms with Crippen molar-refractivity contribution in [3.63, 3.8) is 0 Å². The number of carbonyl (C=O) groups excluding carboxylic acids is 2. The first-order valence-electron chi connectivity index (χ1n) is 6.91. The van der Waals surface area contributed by atoms with Crippen molar-refractivity contribution >= 4 is 17.5 Å². The number of carbonyl (C=O) groups is 2. The molecule has 1 unspecified atom stereocenters. The van der Waals surface area contributed by atoms with E-state index >= 15 is 0 Å². The Hall–Kier alpha value is -2.69. The number of hydrogen-bond donors (Lipinski definition) is 2. The third kappa shape index (κ3) is 4.15. The van der Waals surface area contributed by atoms with Crippen molar-refractivity contribution in [2.24, 2.45) is 5.73 Å². The summed E-state index contributed by atoms with van der Waals surface area (Å²) < 4.78 is 12.9. The fraction of sp³-hybridized carbons (Fsp3) is 0.176. The molecule has 0 spiro atoms. The number of nitrogens with one attached hydrogen (secondary N) is 1. The average molecular weight is 300 g/mol. The second-order valence-corrected chi connectivity index (χ2v) is 5.15. The molecular formula is C17H17FN2O2. The molecular weight excluding hydrogens is 283 g/mol. The summed E-state index contributed by atoms with van der Waals surface area (Å²) in [5, 5.41) is 2.75. The first kappa shape index (κ1) is 15.7. The quantitative estimate of drug-likeness (QED) is 0.890. The first-order valence-corrected chi connectivity index (χ1v) is 6.91. The van der Waals surface area contributed by atoms with Crippen molar-refractivity contribution < 1.29 is 14.0 Å². The second-order valence-electron chi connectivity index (χ2n) is 5.15. The summed E-state index contributed by atoms with van der Waals surface area (Å²) >= 11 is 0. The van der Waals surface area contributed by atoms with Gasteiger partial charge >= 0.3 is 0 Å². The summed E-state index contributed by atoms with van der Waals surface area (Å²) in [7, 11) is 0. The van der Waals surface area contributed by atoms with E-state index in [2.05, 4.69) is 5.32 Å². The molecule has 0 heterocycles. The maximum atomic E-state index is 12.9. The number of amides is 2. The van der Waals surface area contributed by atoms with Crippen molar-refractivity contribution in [1.82, 2.24) is 0 Å². The molecule has 22 heavy (non-hydrogen) atoms. The van der Waals surface area contributed by atoms with Gasteiger partial charge in [0.25, 0.3) is 0 Å². The zero-order valence-electron chi connectivity index (χ0n) is 12.2. The first-order chi connectivity index (χ1) is 10.5. The third-order valence-corrected chi connectivity index (χ3v) is 3.38. The third-order valence-electron chi connectivity index (χ3n) is 3.38. The number of nitrogens with two attached hydrogens (primary N) is 1. The van der Waals surface area contributed by atoms with Crippen molar-refractivity contribution in [2.45, 2.75) is 19.3 Å². The fourth-order valence-electron chi connectivity index (χ4n) is 2.12. The molecule has 0 aliphatic carbocycles. The van der Waals surface area contributed by atoms with E-state index in [1.54, 1.807) is 36.4 Å². The van der Waals surface area contributed by atoms with Crippen LogP contribution >= 0.6 is 0 Å². The molecule has 0 saturated carbocycles. The van der Waals surface area contributed by atoms with Crippen LogP contribution < -0.4 is 11.1 Å². The Labute approximate surface area is 128 Å². The van der Waals surface area contributed by atoms with E-state index in [9.17, 15) is 14.0 Å². The van der Waals surface area contributed by atoms with Gasteiger partial charge in [0.1, 0.15) is 5.82 Å². The van der Waals surface area contributed by atoms with E-state index in [4.69, 9.17) is 5.73 Å². The molecule has 4 nitrogen and oxygen atoms in total. The minimum atomic E-state index is -0.511. The van der Waals surface area contributed by atoms with Gasteiger partial charge in [0, 0.05) is 17.7 Å². The zero-order chi connectivity index (χ0) is 16.1. The monoisotopic (exact) mass is 300 g/mol. The lowest BCUT2D eigenvalue weighted by Gasteiger charge is -2.12. The van der Waals surface area contributed by atoms with Gasteiger partial charge < -0.3 is 11.1 Å². The van der Waals surface area contributed by atoms with Gasteiger partial charge in [0.05, 0.1) is 0 Å². The molecule has 5 heteroatoms. The molecule has 114 valence electrons. The molecule has 2 amide bonds. The molecule has 0 aromatic heterocycles. The normalized spacial score (nSPS) is 11.7. The van der Waals surface area contributed by atoms with Crippen LogP contribution in [-0.4, -0.2) is 11.8 Å². The Morgan fingerprint density at radius 3 is 2.23 bits per heavy atom. The molecule has 2 aromatic rings. The molecule has 0 fully saturated rings. The Morgan fingerprint density at radius 2 is 1.68 bits per heavy atom. The van der Waals surface area contributed by atoms with Crippen LogP contribution in [0.15, 0.2) is 48.5 Å². The molecule has 0 aliphatic rings. The number of primary amides is 1. The van der Waals surface area contributed by atoms with Crippen LogP contribution in [0.25, 0.3) is 0 Å². The number of hydrogen-bond acceptors (Lipinski definition) is 2. The minimum absolute atomic E-state index is 0.0227. The summed E-state index contributed by atoms with van der Waals surface area (Å²) in [5.41, 5.74) is 7.04. The Morgan fingerprint density at radius 1 is 1.09 bits per heavy atom. The fourth-order valence-corrected chi connectivity index (χ4v) is 2.12. The van der Waals surface area contributed by atoms with E-state index < -0.39 is 5.91 Å². The van der Waals surface area contributed by atoms with Crippen LogP contribution in [0.1, 0.15) is 35.2 Å². The second kappa shape index (κ2) is 6.85. The predicted molar refractivity (Wildman–Crippen MR) is 83.0 cm³/mol. The molecule has 2 rings (SSSR count). The standard InChI is InChI=1S/C17H17FN2O2/c1-11(12-2-6-14(18)7-3-12)10-16(21)20-15-8-4-13(5-9-15)17(19)22/h2-9,11H,10H2,1H3,(H2,19,22)(H,20,21). The molecule has 0 saturated heterocycles. The summed E-state index contributed by atoms with van der Waals surface area (Å²) in [6.07, 6.45) is 0.281. The Balaban J connectivity index is 1.94. The van der Waals surface area contributed by atoms with E-state index in [1.807, 2.05) is 6.92 Å². The lowest BCUT2D eigenvalue weighted by molar-refractivity contribution is -0.116. The van der Waals surface area contributed by atoms with Crippen LogP contribution in [0.5, 0.6) is 0 Å².